The van der Waals surface area contributed by atoms with Crippen LogP contribution in [-0.2, 0) is 28.3 Å². The van der Waals surface area contributed by atoms with Crippen molar-refractivity contribution in [2.75, 3.05) is 5.73 Å². The van der Waals surface area contributed by atoms with E-state index in [0.717, 1.165) is 5.56 Å². The molecular weight excluding hydrogens is 362 g/mol. The molecule has 28 heavy (non-hydrogen) atoms. The molecule has 2 aliphatic heterocycles. The van der Waals surface area contributed by atoms with Crippen LogP contribution in [0.5, 0.6) is 5.75 Å². The molecule has 2 aliphatic rings. The van der Waals surface area contributed by atoms with Gasteiger partial charge in [0.25, 0.3) is 5.56 Å². The van der Waals surface area contributed by atoms with Gasteiger partial charge in [-0.1, -0.05) is 6.92 Å². The molecule has 3 aromatic rings. The third-order valence-electron chi connectivity index (χ3n) is 5.69. The number of ether oxygens (including phenoxy) is 1. The average molecular weight is 379 g/mol. The molecule has 0 fully saturated rings. The number of nitrogens with zero attached hydrogens (tertiary/aromatic N) is 2. The molecule has 0 saturated heterocycles. The summed E-state index contributed by atoms with van der Waals surface area (Å²) in [7, 11) is 0. The van der Waals surface area contributed by atoms with Crippen LogP contribution in [-0.4, -0.2) is 25.7 Å². The predicted octanol–water partition coefficient (Wildman–Crippen LogP) is 1.37. The highest BCUT2D eigenvalue weighted by molar-refractivity contribution is 5.93. The number of hydrogen-bond acceptors (Lipinski definition) is 7. The van der Waals surface area contributed by atoms with Crippen molar-refractivity contribution < 1.29 is 19.7 Å². The first-order valence-electron chi connectivity index (χ1n) is 8.93. The van der Waals surface area contributed by atoms with E-state index in [0.29, 0.717) is 22.3 Å². The van der Waals surface area contributed by atoms with E-state index in [4.69, 9.17) is 10.5 Å². The lowest BCUT2D eigenvalue weighted by atomic mass is 9.86. The number of aromatic hydroxyl groups is 1. The lowest BCUT2D eigenvalue weighted by Crippen LogP contribution is -2.44. The molecule has 0 spiro atoms. The lowest BCUT2D eigenvalue weighted by Gasteiger charge is -2.31. The average Bonchev–Trinajstić information content (AvgIpc) is 3.05. The second-order valence-corrected chi connectivity index (χ2v) is 7.17. The van der Waals surface area contributed by atoms with Crippen molar-refractivity contribution in [3.63, 3.8) is 0 Å². The number of anilines is 1. The Kier molecular flexibility index (Phi) is 3.19. The Balaban J connectivity index is 1.80. The molecule has 4 heterocycles. The van der Waals surface area contributed by atoms with Crippen LogP contribution >= 0.6 is 0 Å². The van der Waals surface area contributed by atoms with Crippen LogP contribution in [0, 0.1) is 0 Å². The van der Waals surface area contributed by atoms with E-state index in [1.807, 2.05) is 0 Å². The standard InChI is InChI=1S/C20H17N3O5/c1-2-20(27)12-6-15-16-9(5-10-14(22-16)4-3-13(21)17(10)24)7-23(15)18(25)11(12)8-28-19(20)26/h3-6,24,27H,2,7-8,21H2,1H3/t20-/m0/s1. The molecule has 0 saturated carbocycles. The number of carbonyl (C=O) groups excluding carboxylic acids is 1. The SMILES string of the molecule is CC[C@@]1(O)C(=O)OCc2c1cc1n(c2=O)Cc2cc3c(O)c(N)ccc3nc2-1. The molecule has 0 bridgehead atoms. The van der Waals surface area contributed by atoms with Crippen LogP contribution in [0.15, 0.2) is 29.1 Å². The first-order valence-corrected chi connectivity index (χ1v) is 8.93. The number of benzene rings is 1. The summed E-state index contributed by atoms with van der Waals surface area (Å²) in [4.78, 5) is 29.8. The van der Waals surface area contributed by atoms with Crippen molar-refractivity contribution in [1.29, 1.82) is 0 Å². The van der Waals surface area contributed by atoms with Gasteiger partial charge in [0.15, 0.2) is 5.60 Å². The highest BCUT2D eigenvalue weighted by Crippen LogP contribution is 2.40. The summed E-state index contributed by atoms with van der Waals surface area (Å²) < 4.78 is 6.60. The molecule has 1 atom stereocenters. The first kappa shape index (κ1) is 16.8. The lowest BCUT2D eigenvalue weighted by molar-refractivity contribution is -0.172. The monoisotopic (exact) mass is 379 g/mol. The van der Waals surface area contributed by atoms with E-state index < -0.39 is 11.6 Å². The fourth-order valence-corrected chi connectivity index (χ4v) is 4.05. The Bertz CT molecular complexity index is 1260. The van der Waals surface area contributed by atoms with Crippen LogP contribution in [0.2, 0.25) is 0 Å². The van der Waals surface area contributed by atoms with Gasteiger partial charge in [0.05, 0.1) is 34.7 Å². The normalized spacial score (nSPS) is 19.9. The molecule has 0 amide bonds. The van der Waals surface area contributed by atoms with E-state index in [-0.39, 0.29) is 47.7 Å². The smallest absolute Gasteiger partial charge is 0.343 e. The largest absolute Gasteiger partial charge is 0.505 e. The van der Waals surface area contributed by atoms with Gasteiger partial charge >= 0.3 is 5.97 Å². The molecule has 0 aliphatic carbocycles. The van der Waals surface area contributed by atoms with Crippen LogP contribution in [0.3, 0.4) is 0 Å². The topological polar surface area (TPSA) is 128 Å². The molecule has 0 radical (unpaired) electrons. The summed E-state index contributed by atoms with van der Waals surface area (Å²) in [5.41, 5.74) is 6.79. The minimum Gasteiger partial charge on any atom is -0.505 e. The van der Waals surface area contributed by atoms with Crippen LogP contribution < -0.4 is 11.3 Å². The number of fused-ring (bicyclic) bond motifs is 5. The van der Waals surface area contributed by atoms with Crippen molar-refractivity contribution in [1.82, 2.24) is 9.55 Å². The van der Waals surface area contributed by atoms with Gasteiger partial charge in [0, 0.05) is 16.5 Å². The van der Waals surface area contributed by atoms with Gasteiger partial charge in [-0.05, 0) is 30.7 Å². The Morgan fingerprint density at radius 3 is 2.86 bits per heavy atom. The molecule has 8 heteroatoms. The number of rotatable bonds is 1. The van der Waals surface area contributed by atoms with E-state index in [2.05, 4.69) is 4.98 Å². The van der Waals surface area contributed by atoms with Gasteiger partial charge < -0.3 is 25.3 Å². The zero-order valence-corrected chi connectivity index (χ0v) is 15.0. The Hall–Kier alpha value is -3.39. The third-order valence-corrected chi connectivity index (χ3v) is 5.69. The molecular formula is C20H17N3O5. The molecule has 4 N–H and O–H groups in total. The summed E-state index contributed by atoms with van der Waals surface area (Å²) in [6.45, 7) is 1.76. The fourth-order valence-electron chi connectivity index (χ4n) is 4.05. The van der Waals surface area contributed by atoms with Crippen LogP contribution in [0.25, 0.3) is 22.3 Å². The van der Waals surface area contributed by atoms with Crippen molar-refractivity contribution in [3.8, 4) is 17.1 Å². The second kappa shape index (κ2) is 5.32. The van der Waals surface area contributed by atoms with Gasteiger partial charge in [0.2, 0.25) is 0 Å². The molecule has 5 rings (SSSR count). The maximum absolute atomic E-state index is 13.1. The zero-order chi connectivity index (χ0) is 19.8. The van der Waals surface area contributed by atoms with E-state index >= 15 is 0 Å². The van der Waals surface area contributed by atoms with Gasteiger partial charge in [-0.25, -0.2) is 9.78 Å². The Labute approximate surface area is 158 Å². The summed E-state index contributed by atoms with van der Waals surface area (Å²) in [6.07, 6.45) is 0.0902. The maximum atomic E-state index is 13.1. The molecule has 142 valence electrons. The maximum Gasteiger partial charge on any atom is 0.343 e. The molecule has 0 unspecified atom stereocenters. The summed E-state index contributed by atoms with van der Waals surface area (Å²) in [6, 6.07) is 6.69. The highest BCUT2D eigenvalue weighted by Gasteiger charge is 2.45. The Morgan fingerprint density at radius 2 is 2.11 bits per heavy atom. The number of pyridine rings is 2. The second-order valence-electron chi connectivity index (χ2n) is 7.17. The summed E-state index contributed by atoms with van der Waals surface area (Å²) in [5.74, 6) is -0.799. The van der Waals surface area contributed by atoms with Gasteiger partial charge in [0.1, 0.15) is 12.4 Å². The Morgan fingerprint density at radius 1 is 1.32 bits per heavy atom. The minimum atomic E-state index is -1.85. The number of aromatic nitrogens is 2. The molecule has 2 aromatic heterocycles. The zero-order valence-electron chi connectivity index (χ0n) is 15.0. The molecule has 8 nitrogen and oxygen atoms in total. The number of phenols is 1. The van der Waals surface area contributed by atoms with Gasteiger partial charge in [-0.15, -0.1) is 0 Å². The number of esters is 1. The third kappa shape index (κ3) is 1.95. The number of cyclic esters (lactones) is 1. The number of carbonyl (C=O) groups is 1. The number of hydrogen-bond donors (Lipinski definition) is 3. The number of aliphatic hydroxyl groups is 1. The number of phenolic OH excluding ortho intramolecular Hbond substituents is 1. The van der Waals surface area contributed by atoms with Gasteiger partial charge in [-0.3, -0.25) is 4.79 Å². The summed E-state index contributed by atoms with van der Waals surface area (Å²) >= 11 is 0. The number of nitrogens with two attached hydrogens (primary N) is 1. The van der Waals surface area contributed by atoms with Crippen LogP contribution in [0.4, 0.5) is 5.69 Å². The van der Waals surface area contributed by atoms with Crippen molar-refractivity contribution >= 4 is 22.6 Å². The van der Waals surface area contributed by atoms with Crippen molar-refractivity contribution in [2.24, 2.45) is 0 Å². The number of nitrogen functional groups attached to an aromatic ring is 1. The summed E-state index contributed by atoms with van der Waals surface area (Å²) in [5, 5.41) is 21.6. The van der Waals surface area contributed by atoms with Crippen LogP contribution in [0.1, 0.15) is 30.0 Å². The van der Waals surface area contributed by atoms with E-state index in [1.54, 1.807) is 35.8 Å². The quantitative estimate of drug-likeness (QED) is 0.259. The van der Waals surface area contributed by atoms with E-state index in [1.165, 1.54) is 0 Å². The van der Waals surface area contributed by atoms with Crippen molar-refractivity contribution in [3.05, 3.63) is 51.3 Å². The minimum absolute atomic E-state index is 0.0465. The van der Waals surface area contributed by atoms with E-state index in [9.17, 15) is 19.8 Å². The van der Waals surface area contributed by atoms with Crippen molar-refractivity contribution in [2.45, 2.75) is 32.1 Å². The predicted molar refractivity (Wildman–Crippen MR) is 101 cm³/mol. The van der Waals surface area contributed by atoms with Gasteiger partial charge in [-0.2, -0.15) is 0 Å². The first-order chi connectivity index (χ1) is 13.3. The molecule has 1 aromatic carbocycles. The fraction of sp³-hybridized carbons (Fsp3) is 0.250. The highest BCUT2D eigenvalue weighted by atomic mass is 16.6.